The lowest BCUT2D eigenvalue weighted by molar-refractivity contribution is -0.359. The Morgan fingerprint density at radius 3 is 1.86 bits per heavy atom. The lowest BCUT2D eigenvalue weighted by atomic mass is 9.77. The molecule has 96 heavy (non-hydrogen) atoms. The first-order chi connectivity index (χ1) is 45.6. The van der Waals surface area contributed by atoms with Crippen LogP contribution in [-0.4, -0.2) is 318 Å². The van der Waals surface area contributed by atoms with Crippen LogP contribution in [0.4, 0.5) is 0 Å². The van der Waals surface area contributed by atoms with Gasteiger partial charge in [-0.25, -0.2) is 0 Å². The summed E-state index contributed by atoms with van der Waals surface area (Å²) >= 11 is 0. The molecule has 3 saturated heterocycles. The van der Waals surface area contributed by atoms with Crippen LogP contribution in [0.15, 0.2) is 64.6 Å². The number of rotatable bonds is 31. The number of amides is 5. The highest BCUT2D eigenvalue weighted by atomic mass is 16.7. The number of phenols is 1. The number of aliphatic hydroxyl groups is 12. The van der Waals surface area contributed by atoms with Crippen LogP contribution >= 0.6 is 0 Å². The molecule has 534 valence electrons. The second-order valence-electron chi connectivity index (χ2n) is 24.0. The Morgan fingerprint density at radius 1 is 0.688 bits per heavy atom. The SMILES string of the molecule is CC(C)CC(=O)OCC1OC(OC2C(CO)OC(OC[C@@H](C=O)NC(=O)[C@@H](NC(=O)[C@H](CO)NC(=O)[C@H](Cc3ccc(O)cc3)NC(=O)[C@H](Cc3ccccc3)NC(=O)CN)C(O)(C3CN=C(N)N3)C3CN=C(N)N3C3OC(CO)C(O)C(O)C3O)C(O)C2O)C(O)C(O)C1O. The largest absolute Gasteiger partial charge is 0.508 e. The molecule has 0 bridgehead atoms. The summed E-state index contributed by atoms with van der Waals surface area (Å²) < 4.78 is 33.7. The number of nitrogens with two attached hydrogens (primary N) is 3. The number of carbonyl (C=O) groups excluding carboxylic acids is 7. The number of esters is 1. The van der Waals surface area contributed by atoms with Gasteiger partial charge in [0, 0.05) is 19.3 Å². The number of aromatic hydroxyl groups is 1. The first kappa shape index (κ1) is 75.9. The number of aliphatic hydroxyl groups excluding tert-OH is 11. The van der Waals surface area contributed by atoms with E-state index < -0.39 is 234 Å². The van der Waals surface area contributed by atoms with E-state index in [-0.39, 0.29) is 43.2 Å². The monoisotopic (exact) mass is 1370 g/mol. The summed E-state index contributed by atoms with van der Waals surface area (Å²) in [5.74, 6) is -7.80. The zero-order valence-corrected chi connectivity index (χ0v) is 52.0. The number of nitrogens with zero attached hydrogens (tertiary/aromatic N) is 3. The minimum Gasteiger partial charge on any atom is -0.508 e. The van der Waals surface area contributed by atoms with Crippen molar-refractivity contribution in [2.24, 2.45) is 33.1 Å². The minimum absolute atomic E-state index is 0.0153. The Kier molecular flexibility index (Phi) is 27.0. The van der Waals surface area contributed by atoms with E-state index in [2.05, 4.69) is 41.9 Å². The zero-order chi connectivity index (χ0) is 70.5. The van der Waals surface area contributed by atoms with Crippen molar-refractivity contribution in [3.8, 4) is 5.75 Å². The fourth-order valence-electron chi connectivity index (χ4n) is 11.4. The maximum absolute atomic E-state index is 15.3. The summed E-state index contributed by atoms with van der Waals surface area (Å²) in [5, 5.41) is 158. The number of aliphatic imine (C=N–C) groups is 2. The predicted octanol–water partition coefficient (Wildman–Crippen LogP) is -12.2. The number of nitrogens with one attached hydrogen (secondary N) is 6. The van der Waals surface area contributed by atoms with Crippen LogP contribution in [0.5, 0.6) is 5.75 Å². The Hall–Kier alpha value is -7.45. The van der Waals surface area contributed by atoms with Gasteiger partial charge in [-0.3, -0.25) is 38.8 Å². The van der Waals surface area contributed by atoms with Gasteiger partial charge >= 0.3 is 5.97 Å². The number of carbonyl (C=O) groups is 7. The number of benzene rings is 2. The minimum atomic E-state index is -3.04. The van der Waals surface area contributed by atoms with E-state index in [1.807, 2.05) is 0 Å². The fourth-order valence-corrected chi connectivity index (χ4v) is 11.4. The molecule has 5 amide bonds. The first-order valence-electron chi connectivity index (χ1n) is 30.6. The van der Waals surface area contributed by atoms with Gasteiger partial charge in [0.05, 0.1) is 58.1 Å². The molecule has 0 saturated carbocycles. The number of phenolic OH excluding ortho intramolecular Hbond substituents is 1. The van der Waals surface area contributed by atoms with Crippen molar-refractivity contribution in [1.29, 1.82) is 0 Å². The summed E-state index contributed by atoms with van der Waals surface area (Å²) in [4.78, 5) is 106. The Labute approximate surface area is 547 Å². The van der Waals surface area contributed by atoms with E-state index in [4.69, 9.17) is 45.6 Å². The fraction of sp³-hybridized carbons (Fsp3) is 0.638. The van der Waals surface area contributed by atoms with Crippen molar-refractivity contribution in [2.45, 2.75) is 173 Å². The van der Waals surface area contributed by atoms with Gasteiger partial charge < -0.3 is 154 Å². The lowest BCUT2D eigenvalue weighted by Crippen LogP contribution is -2.78. The normalized spacial score (nSPS) is 31.2. The molecule has 38 nitrogen and oxygen atoms in total. The van der Waals surface area contributed by atoms with Gasteiger partial charge in [0.2, 0.25) is 29.5 Å². The summed E-state index contributed by atoms with van der Waals surface area (Å²) in [6.07, 6.45) is -29.3. The molecule has 7 rings (SSSR count). The molecular formula is C58H86N12O26. The van der Waals surface area contributed by atoms with E-state index in [0.717, 1.165) is 4.90 Å². The highest BCUT2D eigenvalue weighted by molar-refractivity contribution is 5.97. The van der Waals surface area contributed by atoms with E-state index >= 15 is 4.79 Å². The van der Waals surface area contributed by atoms with E-state index in [9.17, 15) is 95.2 Å². The molecule has 25 N–H and O–H groups in total. The molecule has 38 heteroatoms. The van der Waals surface area contributed by atoms with E-state index in [1.54, 1.807) is 44.2 Å². The molecule has 0 spiro atoms. The van der Waals surface area contributed by atoms with Gasteiger partial charge in [-0.1, -0.05) is 56.3 Å². The highest BCUT2D eigenvalue weighted by Crippen LogP contribution is 2.36. The quantitative estimate of drug-likeness (QED) is 0.0246. The van der Waals surface area contributed by atoms with Crippen LogP contribution < -0.4 is 49.1 Å². The topological polar surface area (TPSA) is 616 Å². The van der Waals surface area contributed by atoms with Crippen LogP contribution in [0.2, 0.25) is 0 Å². The molecule has 2 aromatic rings. The molecule has 2 aromatic carbocycles. The molecule has 0 aromatic heterocycles. The molecule has 5 heterocycles. The molecular weight excluding hydrogens is 1280 g/mol. The second kappa shape index (κ2) is 34.2. The van der Waals surface area contributed by atoms with Crippen LogP contribution in [0.3, 0.4) is 0 Å². The van der Waals surface area contributed by atoms with Gasteiger partial charge in [0.15, 0.2) is 30.7 Å². The average Bonchev–Trinajstić information content (AvgIpc) is 1.49. The third kappa shape index (κ3) is 18.2. The number of hydrogen-bond donors (Lipinski definition) is 22. The zero-order valence-electron chi connectivity index (χ0n) is 52.0. The van der Waals surface area contributed by atoms with Crippen LogP contribution in [-0.2, 0) is 74.8 Å². The number of ether oxygens (including phenoxy) is 6. The van der Waals surface area contributed by atoms with E-state index in [1.165, 1.54) is 24.3 Å². The van der Waals surface area contributed by atoms with Crippen LogP contribution in [0, 0.1) is 5.92 Å². The Morgan fingerprint density at radius 2 is 1.27 bits per heavy atom. The summed E-state index contributed by atoms with van der Waals surface area (Å²) in [7, 11) is 0. The second-order valence-corrected chi connectivity index (χ2v) is 24.0. The van der Waals surface area contributed by atoms with Crippen molar-refractivity contribution in [3.05, 3.63) is 65.7 Å². The predicted molar refractivity (Wildman–Crippen MR) is 324 cm³/mol. The maximum atomic E-state index is 15.3. The molecule has 18 unspecified atom stereocenters. The third-order valence-electron chi connectivity index (χ3n) is 16.7. The summed E-state index contributed by atoms with van der Waals surface area (Å²) in [6.45, 7) is -3.25. The highest BCUT2D eigenvalue weighted by Gasteiger charge is 2.62. The van der Waals surface area contributed by atoms with Gasteiger partial charge in [0.25, 0.3) is 0 Å². The van der Waals surface area contributed by atoms with E-state index in [0.29, 0.717) is 11.1 Å². The first-order valence-corrected chi connectivity index (χ1v) is 30.6. The van der Waals surface area contributed by atoms with Crippen molar-refractivity contribution < 1.29 is 128 Å². The molecule has 0 aliphatic carbocycles. The van der Waals surface area contributed by atoms with Crippen molar-refractivity contribution in [3.63, 3.8) is 0 Å². The standard InChI is InChI=1S/C58H86N12O26/c1-24(2)12-38(77)91-23-34-40(79)42(81)45(84)55(95-34)96-47-33(21-74)94-54(46(85)43(47)82)92-22-27(18-71)64-52(89)48(58(90,35-16-62-56(60)68-35)36-17-63-57(61)70(36)53-44(83)41(80)39(78)32(20-73)93-53)69-51(88)31(19-72)67-50(87)30(14-26-8-10-28(75)11-9-26)66-49(86)29(65-37(76)15-59)13-25-6-4-3-5-7-25/h3-11,18,24,27,29-36,39-48,53-55,72-75,78-85,90H,12-17,19-23,59H2,1-2H3,(H2,61,63)(H,64,89)(H,65,76)(H,66,86)(H,67,87)(H,69,88)(H3,60,62,68)/t27-,29+,30+,31+,32?,33?,34?,35?,36?,39?,40?,41?,42?,43?,44?,45?,46?,47?,48-,53?,54?,55?,58?/m1/s1. The molecule has 3 fully saturated rings. The Bertz CT molecular complexity index is 3020. The number of aldehydes is 1. The smallest absolute Gasteiger partial charge is 0.306 e. The number of hydrogen-bond acceptors (Lipinski definition) is 33. The third-order valence-corrected chi connectivity index (χ3v) is 16.7. The maximum Gasteiger partial charge on any atom is 0.306 e. The van der Waals surface area contributed by atoms with Crippen molar-refractivity contribution >= 4 is 53.7 Å². The lowest BCUT2D eigenvalue weighted by Gasteiger charge is -2.51. The summed E-state index contributed by atoms with van der Waals surface area (Å²) in [5.41, 5.74) is 15.9. The summed E-state index contributed by atoms with van der Waals surface area (Å²) in [6, 6.07) is 0.500. The van der Waals surface area contributed by atoms with Crippen molar-refractivity contribution in [2.75, 3.05) is 52.7 Å². The van der Waals surface area contributed by atoms with Crippen LogP contribution in [0.25, 0.3) is 0 Å². The van der Waals surface area contributed by atoms with Gasteiger partial charge in [-0.2, -0.15) is 0 Å². The van der Waals surface area contributed by atoms with Crippen LogP contribution in [0.1, 0.15) is 31.4 Å². The van der Waals surface area contributed by atoms with Gasteiger partial charge in [0.1, 0.15) is 128 Å². The van der Waals surface area contributed by atoms with Gasteiger partial charge in [-0.05, 0) is 29.2 Å². The van der Waals surface area contributed by atoms with Crippen molar-refractivity contribution in [1.82, 2.24) is 36.8 Å². The molecule has 5 aliphatic rings. The number of guanidine groups is 2. The Balaban J connectivity index is 1.18. The van der Waals surface area contributed by atoms with Gasteiger partial charge in [-0.15, -0.1) is 0 Å². The average molecular weight is 1370 g/mol. The molecule has 0 radical (unpaired) electrons. The molecule has 23 atom stereocenters. The molecule has 5 aliphatic heterocycles.